The van der Waals surface area contributed by atoms with Crippen molar-refractivity contribution < 1.29 is 22.7 Å². The Bertz CT molecular complexity index is 1500. The lowest BCUT2D eigenvalue weighted by atomic mass is 9.96. The van der Waals surface area contributed by atoms with Crippen molar-refractivity contribution in [3.8, 4) is 5.75 Å². The molecular formula is C33H35N3O5S. The topological polar surface area (TPSA) is 88.2 Å². The van der Waals surface area contributed by atoms with Crippen molar-refractivity contribution >= 4 is 21.6 Å². The molecule has 4 aromatic rings. The number of amides is 1. The first-order valence-corrected chi connectivity index (χ1v) is 15.4. The fraction of sp³-hybridized carbons (Fsp3) is 0.242. The Hall–Kier alpha value is -4.02. The molecule has 0 radical (unpaired) electrons. The van der Waals surface area contributed by atoms with Crippen molar-refractivity contribution in [3.05, 3.63) is 126 Å². The summed E-state index contributed by atoms with van der Waals surface area (Å²) in [6.45, 7) is 2.91. The van der Waals surface area contributed by atoms with Crippen LogP contribution < -0.4 is 10.1 Å². The number of carbonyl (C=O) groups is 1. The number of hydrogen-bond acceptors (Lipinski definition) is 6. The van der Waals surface area contributed by atoms with Gasteiger partial charge in [-0.05, 0) is 59.7 Å². The first-order valence-electron chi connectivity index (χ1n) is 13.9. The number of carbonyl (C=O) groups excluding carboxylic acids is 1. The third-order valence-electron chi connectivity index (χ3n) is 7.29. The molecule has 1 aliphatic rings. The van der Waals surface area contributed by atoms with Crippen LogP contribution in [0, 0.1) is 0 Å². The molecule has 1 fully saturated rings. The summed E-state index contributed by atoms with van der Waals surface area (Å²) in [4.78, 5) is 15.2. The quantitative estimate of drug-likeness (QED) is 0.248. The lowest BCUT2D eigenvalue weighted by molar-refractivity contribution is 0.102. The monoisotopic (exact) mass is 585 g/mol. The standard InChI is InChI=1S/C33H35N3O5S/c1-40-24-25-41-30-16-12-28(13-17-30)33(37)34-29-14-18-31(19-15-29)42(38,39)36-22-20-35(21-23-36)32(26-8-4-2-5-9-26)27-10-6-3-7-11-27/h2-19,32H,20-25H2,1H3,(H,34,37). The van der Waals surface area contributed by atoms with Crippen molar-refractivity contribution in [2.75, 3.05) is 51.8 Å². The number of methoxy groups -OCH3 is 1. The van der Waals surface area contributed by atoms with Gasteiger partial charge < -0.3 is 14.8 Å². The highest BCUT2D eigenvalue weighted by Crippen LogP contribution is 2.30. The van der Waals surface area contributed by atoms with Crippen LogP contribution in [-0.4, -0.2) is 70.0 Å². The summed E-state index contributed by atoms with van der Waals surface area (Å²) in [7, 11) is -2.08. The zero-order chi connectivity index (χ0) is 29.4. The third kappa shape index (κ3) is 7.06. The van der Waals surface area contributed by atoms with Gasteiger partial charge in [-0.3, -0.25) is 9.69 Å². The molecule has 218 valence electrons. The fourth-order valence-electron chi connectivity index (χ4n) is 5.09. The van der Waals surface area contributed by atoms with E-state index in [2.05, 4.69) is 34.5 Å². The molecule has 0 atom stereocenters. The lowest BCUT2D eigenvalue weighted by Gasteiger charge is -2.39. The third-order valence-corrected chi connectivity index (χ3v) is 9.20. The number of benzene rings is 4. The Morgan fingerprint density at radius 3 is 1.88 bits per heavy atom. The molecule has 0 bridgehead atoms. The largest absolute Gasteiger partial charge is 0.491 e. The van der Waals surface area contributed by atoms with E-state index in [1.54, 1.807) is 59.9 Å². The second kappa shape index (κ2) is 13.8. The number of ether oxygens (including phenoxy) is 2. The van der Waals surface area contributed by atoms with Crippen LogP contribution in [0.5, 0.6) is 5.75 Å². The van der Waals surface area contributed by atoms with Gasteiger partial charge in [0, 0.05) is 44.5 Å². The minimum absolute atomic E-state index is 0.0551. The normalized spacial score (nSPS) is 14.5. The molecule has 0 saturated carbocycles. The summed E-state index contributed by atoms with van der Waals surface area (Å²) in [5, 5.41) is 2.82. The van der Waals surface area contributed by atoms with E-state index in [0.717, 1.165) is 0 Å². The molecule has 1 N–H and O–H groups in total. The van der Waals surface area contributed by atoms with Gasteiger partial charge in [0.1, 0.15) is 12.4 Å². The minimum Gasteiger partial charge on any atom is -0.491 e. The van der Waals surface area contributed by atoms with Crippen molar-refractivity contribution in [1.29, 1.82) is 0 Å². The summed E-state index contributed by atoms with van der Waals surface area (Å²) in [5.41, 5.74) is 3.35. The maximum absolute atomic E-state index is 13.5. The number of piperazine rings is 1. The van der Waals surface area contributed by atoms with Gasteiger partial charge >= 0.3 is 0 Å². The highest BCUT2D eigenvalue weighted by molar-refractivity contribution is 7.89. The van der Waals surface area contributed by atoms with Gasteiger partial charge in [-0.2, -0.15) is 4.31 Å². The van der Waals surface area contributed by atoms with Crippen LogP contribution in [0.1, 0.15) is 27.5 Å². The van der Waals surface area contributed by atoms with E-state index in [9.17, 15) is 13.2 Å². The molecule has 9 heteroatoms. The van der Waals surface area contributed by atoms with Crippen LogP contribution in [-0.2, 0) is 14.8 Å². The van der Waals surface area contributed by atoms with Gasteiger partial charge in [-0.15, -0.1) is 0 Å². The first-order chi connectivity index (χ1) is 20.5. The molecule has 0 aliphatic carbocycles. The molecular weight excluding hydrogens is 550 g/mol. The van der Waals surface area contributed by atoms with Crippen molar-refractivity contribution in [1.82, 2.24) is 9.21 Å². The molecule has 42 heavy (non-hydrogen) atoms. The molecule has 0 unspecified atom stereocenters. The summed E-state index contributed by atoms with van der Waals surface area (Å²) >= 11 is 0. The summed E-state index contributed by atoms with van der Waals surface area (Å²) < 4.78 is 39.0. The molecule has 5 rings (SSSR count). The van der Waals surface area contributed by atoms with E-state index in [-0.39, 0.29) is 16.8 Å². The maximum atomic E-state index is 13.5. The van der Waals surface area contributed by atoms with Gasteiger partial charge in [-0.1, -0.05) is 60.7 Å². The smallest absolute Gasteiger partial charge is 0.255 e. The average Bonchev–Trinajstić information content (AvgIpc) is 3.03. The maximum Gasteiger partial charge on any atom is 0.255 e. The molecule has 0 aromatic heterocycles. The Morgan fingerprint density at radius 1 is 0.762 bits per heavy atom. The number of hydrogen-bond donors (Lipinski definition) is 1. The van der Waals surface area contributed by atoms with Gasteiger partial charge in [0.2, 0.25) is 10.0 Å². The summed E-state index contributed by atoms with van der Waals surface area (Å²) in [6, 6.07) is 33.8. The van der Waals surface area contributed by atoms with Gasteiger partial charge in [0.05, 0.1) is 17.5 Å². The second-order valence-corrected chi connectivity index (χ2v) is 11.9. The van der Waals surface area contributed by atoms with Crippen LogP contribution in [0.15, 0.2) is 114 Å². The van der Waals surface area contributed by atoms with Crippen LogP contribution >= 0.6 is 0 Å². The summed E-state index contributed by atoms with van der Waals surface area (Å²) in [6.07, 6.45) is 0. The molecule has 4 aromatic carbocycles. The number of nitrogens with one attached hydrogen (secondary N) is 1. The van der Waals surface area contributed by atoms with Gasteiger partial charge in [-0.25, -0.2) is 8.42 Å². The molecule has 8 nitrogen and oxygen atoms in total. The molecule has 0 spiro atoms. The second-order valence-electron chi connectivity index (χ2n) is 10.0. The Balaban J connectivity index is 1.20. The van der Waals surface area contributed by atoms with E-state index in [1.165, 1.54) is 11.1 Å². The number of anilines is 1. The van der Waals surface area contributed by atoms with E-state index in [0.29, 0.717) is 56.4 Å². The van der Waals surface area contributed by atoms with Crippen LogP contribution in [0.2, 0.25) is 0 Å². The molecule has 1 saturated heterocycles. The SMILES string of the molecule is COCCOc1ccc(C(=O)Nc2ccc(S(=O)(=O)N3CCN(C(c4ccccc4)c4ccccc4)CC3)cc2)cc1. The number of nitrogens with zero attached hydrogens (tertiary/aromatic N) is 2. The predicted molar refractivity (Wildman–Crippen MR) is 163 cm³/mol. The van der Waals surface area contributed by atoms with E-state index in [1.807, 2.05) is 36.4 Å². The Morgan fingerprint density at radius 2 is 1.33 bits per heavy atom. The highest BCUT2D eigenvalue weighted by atomic mass is 32.2. The highest BCUT2D eigenvalue weighted by Gasteiger charge is 2.32. The van der Waals surface area contributed by atoms with Crippen LogP contribution in [0.4, 0.5) is 5.69 Å². The fourth-order valence-corrected chi connectivity index (χ4v) is 6.52. The molecule has 1 heterocycles. The number of sulfonamides is 1. The van der Waals surface area contributed by atoms with Crippen molar-refractivity contribution in [2.24, 2.45) is 0 Å². The van der Waals surface area contributed by atoms with Crippen LogP contribution in [0.3, 0.4) is 0 Å². The first kappa shape index (κ1) is 29.5. The predicted octanol–water partition coefficient (Wildman–Crippen LogP) is 5.06. The van der Waals surface area contributed by atoms with Crippen molar-refractivity contribution in [3.63, 3.8) is 0 Å². The van der Waals surface area contributed by atoms with E-state index < -0.39 is 10.0 Å². The number of rotatable bonds is 11. The van der Waals surface area contributed by atoms with Crippen LogP contribution in [0.25, 0.3) is 0 Å². The zero-order valence-electron chi connectivity index (χ0n) is 23.6. The molecule has 1 aliphatic heterocycles. The zero-order valence-corrected chi connectivity index (χ0v) is 24.4. The Labute approximate surface area is 247 Å². The van der Waals surface area contributed by atoms with Crippen molar-refractivity contribution in [2.45, 2.75) is 10.9 Å². The minimum atomic E-state index is -3.68. The lowest BCUT2D eigenvalue weighted by Crippen LogP contribution is -2.49. The Kier molecular flexibility index (Phi) is 9.66. The average molecular weight is 586 g/mol. The van der Waals surface area contributed by atoms with E-state index in [4.69, 9.17) is 9.47 Å². The van der Waals surface area contributed by atoms with E-state index >= 15 is 0 Å². The summed E-state index contributed by atoms with van der Waals surface area (Å²) in [5.74, 6) is 0.353. The molecule has 1 amide bonds. The van der Waals surface area contributed by atoms with Gasteiger partial charge in [0.15, 0.2) is 0 Å². The van der Waals surface area contributed by atoms with Gasteiger partial charge in [0.25, 0.3) is 5.91 Å².